The summed E-state index contributed by atoms with van der Waals surface area (Å²) >= 11 is 0. The maximum Gasteiger partial charge on any atom is 0.185 e. The second-order valence-corrected chi connectivity index (χ2v) is 5.07. The monoisotopic (exact) mass is 290 g/mol. The quantitative estimate of drug-likeness (QED) is 0.764. The molecule has 0 radical (unpaired) electrons. The van der Waals surface area contributed by atoms with Gasteiger partial charge in [-0.15, -0.1) is 0 Å². The van der Waals surface area contributed by atoms with Crippen LogP contribution in [-0.4, -0.2) is 32.5 Å². The number of rotatable bonds is 6. The highest BCUT2D eigenvalue weighted by Crippen LogP contribution is 2.21. The van der Waals surface area contributed by atoms with Gasteiger partial charge >= 0.3 is 0 Å². The number of aromatic nitrogens is 4. The van der Waals surface area contributed by atoms with Gasteiger partial charge in [0.2, 0.25) is 0 Å². The smallest absolute Gasteiger partial charge is 0.185 e. The van der Waals surface area contributed by atoms with Crippen molar-refractivity contribution in [2.24, 2.45) is 7.05 Å². The van der Waals surface area contributed by atoms with Gasteiger partial charge < -0.3 is 4.74 Å². The van der Waals surface area contributed by atoms with Gasteiger partial charge in [0.05, 0.1) is 19.0 Å². The molecule has 0 amide bonds. The Balaban J connectivity index is 2.17. The van der Waals surface area contributed by atoms with Crippen molar-refractivity contribution in [3.63, 3.8) is 0 Å². The first-order chi connectivity index (χ1) is 9.99. The number of hydrogen-bond acceptors (Lipinski definition) is 4. The fourth-order valence-electron chi connectivity index (χ4n) is 2.57. The van der Waals surface area contributed by atoms with E-state index in [9.17, 15) is 4.79 Å². The van der Waals surface area contributed by atoms with E-state index in [0.717, 1.165) is 17.0 Å². The summed E-state index contributed by atoms with van der Waals surface area (Å²) < 4.78 is 8.77. The van der Waals surface area contributed by atoms with Gasteiger partial charge in [-0.05, 0) is 32.8 Å². The third kappa shape index (κ3) is 2.84. The molecule has 21 heavy (non-hydrogen) atoms. The SMILES string of the molecule is CCn1ncc(OC)c1C(=O)CCc1c(C)nn(C)c1C. The Kier molecular flexibility index (Phi) is 4.45. The van der Waals surface area contributed by atoms with E-state index in [4.69, 9.17) is 4.74 Å². The van der Waals surface area contributed by atoms with Crippen LogP contribution in [0.2, 0.25) is 0 Å². The minimum Gasteiger partial charge on any atom is -0.493 e. The van der Waals surface area contributed by atoms with E-state index in [2.05, 4.69) is 10.2 Å². The van der Waals surface area contributed by atoms with Crippen LogP contribution in [0.15, 0.2) is 6.20 Å². The van der Waals surface area contributed by atoms with Crippen molar-refractivity contribution < 1.29 is 9.53 Å². The molecule has 2 rings (SSSR count). The molecule has 0 aliphatic heterocycles. The standard InChI is InChI=1S/C15H22N4O2/c1-6-19-15(14(21-5)9-16-19)13(20)8-7-12-10(2)17-18(4)11(12)3/h9H,6-8H2,1-5H3. The molecule has 0 spiro atoms. The fourth-order valence-corrected chi connectivity index (χ4v) is 2.57. The average molecular weight is 290 g/mol. The Morgan fingerprint density at radius 3 is 2.62 bits per heavy atom. The third-order valence-electron chi connectivity index (χ3n) is 3.85. The summed E-state index contributed by atoms with van der Waals surface area (Å²) in [5, 5.41) is 8.56. The highest BCUT2D eigenvalue weighted by atomic mass is 16.5. The predicted molar refractivity (Wildman–Crippen MR) is 79.8 cm³/mol. The fraction of sp³-hybridized carbons (Fsp3) is 0.533. The lowest BCUT2D eigenvalue weighted by Crippen LogP contribution is -2.11. The summed E-state index contributed by atoms with van der Waals surface area (Å²) in [7, 11) is 3.48. The van der Waals surface area contributed by atoms with E-state index in [1.807, 2.05) is 32.5 Å². The summed E-state index contributed by atoms with van der Waals surface area (Å²) in [5.74, 6) is 0.593. The summed E-state index contributed by atoms with van der Waals surface area (Å²) in [6.45, 7) is 6.61. The molecule has 0 unspecified atom stereocenters. The van der Waals surface area contributed by atoms with Crippen molar-refractivity contribution in [3.8, 4) is 5.75 Å². The average Bonchev–Trinajstić information content (AvgIpc) is 2.98. The van der Waals surface area contributed by atoms with Crippen LogP contribution in [0.3, 0.4) is 0 Å². The summed E-state index contributed by atoms with van der Waals surface area (Å²) in [6.07, 6.45) is 2.70. The molecule has 0 bridgehead atoms. The van der Waals surface area contributed by atoms with Crippen molar-refractivity contribution in [2.45, 2.75) is 40.2 Å². The Morgan fingerprint density at radius 1 is 1.38 bits per heavy atom. The Labute approximate surface area is 124 Å². The van der Waals surface area contributed by atoms with Crippen molar-refractivity contribution in [2.75, 3.05) is 7.11 Å². The molecular weight excluding hydrogens is 268 g/mol. The van der Waals surface area contributed by atoms with Crippen molar-refractivity contribution >= 4 is 5.78 Å². The van der Waals surface area contributed by atoms with Gasteiger partial charge in [0.1, 0.15) is 5.69 Å². The van der Waals surface area contributed by atoms with E-state index >= 15 is 0 Å². The normalized spacial score (nSPS) is 10.9. The molecule has 114 valence electrons. The first-order valence-electron chi connectivity index (χ1n) is 7.11. The number of methoxy groups -OCH3 is 1. The van der Waals surface area contributed by atoms with Crippen molar-refractivity contribution in [1.29, 1.82) is 0 Å². The number of Topliss-reactive ketones (excluding diaryl/α,β-unsaturated/α-hetero) is 1. The maximum absolute atomic E-state index is 12.5. The summed E-state index contributed by atoms with van der Waals surface area (Å²) in [5.41, 5.74) is 3.79. The van der Waals surface area contributed by atoms with E-state index in [0.29, 0.717) is 30.8 Å². The van der Waals surface area contributed by atoms with E-state index < -0.39 is 0 Å². The van der Waals surface area contributed by atoms with Gasteiger partial charge in [0.25, 0.3) is 0 Å². The number of ketones is 1. The van der Waals surface area contributed by atoms with E-state index in [-0.39, 0.29) is 5.78 Å². The van der Waals surface area contributed by atoms with Gasteiger partial charge in [-0.2, -0.15) is 10.2 Å². The number of ether oxygens (including phenoxy) is 1. The summed E-state index contributed by atoms with van der Waals surface area (Å²) in [4.78, 5) is 12.5. The van der Waals surface area contributed by atoms with Crippen molar-refractivity contribution in [3.05, 3.63) is 28.8 Å². The lowest BCUT2D eigenvalue weighted by atomic mass is 10.0. The number of carbonyl (C=O) groups excluding carboxylic acids is 1. The zero-order chi connectivity index (χ0) is 15.6. The molecule has 0 aromatic carbocycles. The third-order valence-corrected chi connectivity index (χ3v) is 3.85. The first kappa shape index (κ1) is 15.3. The molecule has 0 N–H and O–H groups in total. The van der Waals surface area contributed by atoms with Gasteiger partial charge in [-0.3, -0.25) is 14.2 Å². The topological polar surface area (TPSA) is 61.9 Å². The van der Waals surface area contributed by atoms with Crippen LogP contribution in [0.1, 0.15) is 40.8 Å². The second kappa shape index (κ2) is 6.11. The molecule has 2 aromatic heterocycles. The zero-order valence-corrected chi connectivity index (χ0v) is 13.3. The second-order valence-electron chi connectivity index (χ2n) is 5.07. The highest BCUT2D eigenvalue weighted by Gasteiger charge is 2.20. The highest BCUT2D eigenvalue weighted by molar-refractivity contribution is 5.97. The lowest BCUT2D eigenvalue weighted by molar-refractivity contribution is 0.0969. The van der Waals surface area contributed by atoms with Gasteiger partial charge in [-0.25, -0.2) is 0 Å². The van der Waals surface area contributed by atoms with Gasteiger partial charge in [0.15, 0.2) is 11.5 Å². The molecule has 0 atom stereocenters. The maximum atomic E-state index is 12.5. The van der Waals surface area contributed by atoms with Crippen LogP contribution in [0.4, 0.5) is 0 Å². The molecule has 0 aliphatic rings. The van der Waals surface area contributed by atoms with Crippen LogP contribution in [0.5, 0.6) is 5.75 Å². The molecule has 2 heterocycles. The zero-order valence-electron chi connectivity index (χ0n) is 13.3. The van der Waals surface area contributed by atoms with Crippen LogP contribution < -0.4 is 4.74 Å². The van der Waals surface area contributed by atoms with Crippen molar-refractivity contribution in [1.82, 2.24) is 19.6 Å². The molecule has 0 saturated carbocycles. The van der Waals surface area contributed by atoms with Crippen LogP contribution in [0, 0.1) is 13.8 Å². The number of hydrogen-bond donors (Lipinski definition) is 0. The number of carbonyl (C=O) groups is 1. The molecule has 0 aliphatic carbocycles. The minimum absolute atomic E-state index is 0.0499. The number of nitrogens with zero attached hydrogens (tertiary/aromatic N) is 4. The molecule has 0 saturated heterocycles. The molecule has 6 nitrogen and oxygen atoms in total. The molecule has 0 fully saturated rings. The Bertz CT molecular complexity index is 633. The summed E-state index contributed by atoms with van der Waals surface area (Å²) in [6, 6.07) is 0. The Hall–Kier alpha value is -2.11. The van der Waals surface area contributed by atoms with Gasteiger partial charge in [-0.1, -0.05) is 0 Å². The van der Waals surface area contributed by atoms with E-state index in [1.165, 1.54) is 0 Å². The number of aryl methyl sites for hydroxylation is 3. The van der Waals surface area contributed by atoms with E-state index in [1.54, 1.807) is 18.0 Å². The predicted octanol–water partition coefficient (Wildman–Crippen LogP) is 2.08. The largest absolute Gasteiger partial charge is 0.493 e. The Morgan fingerprint density at radius 2 is 2.10 bits per heavy atom. The van der Waals surface area contributed by atoms with Crippen LogP contribution >= 0.6 is 0 Å². The minimum atomic E-state index is 0.0499. The lowest BCUT2D eigenvalue weighted by Gasteiger charge is -2.07. The molecule has 6 heteroatoms. The van der Waals surface area contributed by atoms with Crippen LogP contribution in [0.25, 0.3) is 0 Å². The first-order valence-corrected chi connectivity index (χ1v) is 7.11. The molecular formula is C15H22N4O2. The molecule has 2 aromatic rings. The van der Waals surface area contributed by atoms with Gasteiger partial charge in [0, 0.05) is 25.7 Å². The van der Waals surface area contributed by atoms with Crippen LogP contribution in [-0.2, 0) is 20.0 Å².